The first-order valence-corrected chi connectivity index (χ1v) is 1.83. The lowest BCUT2D eigenvalue weighted by Gasteiger charge is -2.01. The third-order valence-electron chi connectivity index (χ3n) is 0.348. The molecule has 0 saturated heterocycles. The zero-order valence-corrected chi connectivity index (χ0v) is 4.03. The molecule has 0 atom stereocenters. The van der Waals surface area contributed by atoms with Gasteiger partial charge in [-0.15, -0.1) is 0 Å². The zero-order chi connectivity index (χ0) is 6.57. The Kier molecular flexibility index (Phi) is 2.75. The molecule has 0 spiro atoms. The third-order valence-corrected chi connectivity index (χ3v) is 0.348. The van der Waals surface area contributed by atoms with Gasteiger partial charge in [-0.05, 0) is 0 Å². The zero-order valence-electron chi connectivity index (χ0n) is 4.03. The number of carbonyl (C=O) groups is 2. The van der Waals surface area contributed by atoms with Crippen molar-refractivity contribution in [2.45, 2.75) is 6.35 Å². The highest BCUT2D eigenvalue weighted by molar-refractivity contribution is 6.20. The number of aldehydes is 1. The van der Waals surface area contributed by atoms with Crippen molar-refractivity contribution >= 4 is 12.3 Å². The minimum Gasteiger partial charge on any atom is -0.428 e. The summed E-state index contributed by atoms with van der Waals surface area (Å²) in [5.41, 5.74) is 9.49. The lowest BCUT2D eigenvalue weighted by Crippen LogP contribution is -2.36. The van der Waals surface area contributed by atoms with Gasteiger partial charge in [-0.2, -0.15) is 0 Å². The summed E-state index contributed by atoms with van der Waals surface area (Å²) in [6.07, 6.45) is -1.21. The number of carbonyl (C=O) groups excluding carboxylic acids is 2. The fourth-order valence-corrected chi connectivity index (χ4v) is 0.162. The Morgan fingerprint density at radius 3 is 2.25 bits per heavy atom. The highest BCUT2D eigenvalue weighted by Gasteiger charge is 2.00. The van der Waals surface area contributed by atoms with E-state index in [1.54, 1.807) is 0 Å². The van der Waals surface area contributed by atoms with Crippen molar-refractivity contribution in [3.8, 4) is 0 Å². The first-order valence-electron chi connectivity index (χ1n) is 1.83. The van der Waals surface area contributed by atoms with E-state index in [0.717, 1.165) is 0 Å². The lowest BCUT2D eigenvalue weighted by atomic mass is 10.8. The monoisotopic (exact) mass is 118 g/mol. The molecule has 0 aliphatic rings. The van der Waals surface area contributed by atoms with Crippen LogP contribution in [-0.2, 0) is 14.3 Å². The molecule has 46 valence electrons. The molecule has 0 unspecified atom stereocenters. The van der Waals surface area contributed by atoms with Gasteiger partial charge in [-0.3, -0.25) is 16.3 Å². The first-order chi connectivity index (χ1) is 3.66. The van der Waals surface area contributed by atoms with Crippen LogP contribution in [0.2, 0.25) is 0 Å². The van der Waals surface area contributed by atoms with Crippen molar-refractivity contribution in [1.82, 2.24) is 0 Å². The number of esters is 1. The number of hydrogen-bond acceptors (Lipinski definition) is 5. The van der Waals surface area contributed by atoms with Gasteiger partial charge in [-0.1, -0.05) is 0 Å². The van der Waals surface area contributed by atoms with Crippen LogP contribution >= 0.6 is 0 Å². The molecule has 0 saturated carbocycles. The van der Waals surface area contributed by atoms with Crippen LogP contribution in [0.3, 0.4) is 0 Å². The Morgan fingerprint density at radius 1 is 1.62 bits per heavy atom. The summed E-state index contributed by atoms with van der Waals surface area (Å²) < 4.78 is 3.95. The van der Waals surface area contributed by atoms with Gasteiger partial charge in [0.2, 0.25) is 12.6 Å². The molecular weight excluding hydrogens is 112 g/mol. The number of hydrogen-bond donors (Lipinski definition) is 2. The van der Waals surface area contributed by atoms with Gasteiger partial charge in [0.1, 0.15) is 0 Å². The van der Waals surface area contributed by atoms with Gasteiger partial charge in [0.25, 0.3) is 0 Å². The van der Waals surface area contributed by atoms with Crippen molar-refractivity contribution in [3.63, 3.8) is 0 Å². The molecule has 0 radical (unpaired) electrons. The Morgan fingerprint density at radius 2 is 2.12 bits per heavy atom. The standard InChI is InChI=1S/C3H6N2O3/c4-3(5)8-2(7)1-6/h1,3H,4-5H2. The molecule has 0 fully saturated rings. The summed E-state index contributed by atoms with van der Waals surface area (Å²) in [4.78, 5) is 19.3. The van der Waals surface area contributed by atoms with E-state index >= 15 is 0 Å². The van der Waals surface area contributed by atoms with Crippen molar-refractivity contribution in [1.29, 1.82) is 0 Å². The molecular formula is C3H6N2O3. The molecule has 0 aliphatic carbocycles. The minimum absolute atomic E-state index is 0.00722. The van der Waals surface area contributed by atoms with Crippen molar-refractivity contribution < 1.29 is 14.3 Å². The molecule has 0 heterocycles. The molecule has 5 nitrogen and oxygen atoms in total. The summed E-state index contributed by atoms with van der Waals surface area (Å²) in [6, 6.07) is 0. The number of rotatable bonds is 2. The average molecular weight is 118 g/mol. The van der Waals surface area contributed by atoms with Crippen LogP contribution < -0.4 is 11.5 Å². The molecule has 0 aromatic heterocycles. The molecule has 0 aromatic carbocycles. The maximum atomic E-state index is 9.87. The molecule has 0 bridgehead atoms. The third kappa shape index (κ3) is 3.26. The van der Waals surface area contributed by atoms with E-state index in [9.17, 15) is 9.59 Å². The van der Waals surface area contributed by atoms with E-state index in [4.69, 9.17) is 11.5 Å². The van der Waals surface area contributed by atoms with E-state index in [1.807, 2.05) is 0 Å². The molecule has 8 heavy (non-hydrogen) atoms. The van der Waals surface area contributed by atoms with Gasteiger partial charge in [-0.25, -0.2) is 4.79 Å². The highest BCUT2D eigenvalue weighted by atomic mass is 16.6. The van der Waals surface area contributed by atoms with Crippen LogP contribution in [0.15, 0.2) is 0 Å². The summed E-state index contributed by atoms with van der Waals surface area (Å²) in [6.45, 7) is 0. The quantitative estimate of drug-likeness (QED) is 0.188. The minimum atomic E-state index is -1.20. The summed E-state index contributed by atoms with van der Waals surface area (Å²) in [5.74, 6) is -1.06. The SMILES string of the molecule is NC(N)OC(=O)C=O. The second-order valence-corrected chi connectivity index (χ2v) is 1.02. The predicted molar refractivity (Wildman–Crippen MR) is 24.3 cm³/mol. The van der Waals surface area contributed by atoms with Crippen molar-refractivity contribution in [2.75, 3.05) is 0 Å². The van der Waals surface area contributed by atoms with E-state index in [-0.39, 0.29) is 6.29 Å². The van der Waals surface area contributed by atoms with Gasteiger partial charge < -0.3 is 4.74 Å². The normalized spacial score (nSPS) is 8.88. The lowest BCUT2D eigenvalue weighted by molar-refractivity contribution is -0.152. The van der Waals surface area contributed by atoms with Crippen LogP contribution in [0.25, 0.3) is 0 Å². The fourth-order valence-electron chi connectivity index (χ4n) is 0.162. The fraction of sp³-hybridized carbons (Fsp3) is 0.333. The van der Waals surface area contributed by atoms with Crippen LogP contribution in [0, 0.1) is 0 Å². The smallest absolute Gasteiger partial charge is 0.373 e. The van der Waals surface area contributed by atoms with Crippen molar-refractivity contribution in [2.24, 2.45) is 11.5 Å². The van der Waals surface area contributed by atoms with Gasteiger partial charge in [0.05, 0.1) is 0 Å². The second-order valence-electron chi connectivity index (χ2n) is 1.02. The molecule has 4 N–H and O–H groups in total. The first kappa shape index (κ1) is 7.06. The predicted octanol–water partition coefficient (Wildman–Crippen LogP) is -2.07. The van der Waals surface area contributed by atoms with Crippen LogP contribution in [-0.4, -0.2) is 18.6 Å². The van der Waals surface area contributed by atoms with Crippen LogP contribution in [0.4, 0.5) is 0 Å². The number of ether oxygens (including phenoxy) is 1. The van der Waals surface area contributed by atoms with Crippen molar-refractivity contribution in [3.05, 3.63) is 0 Å². The Hall–Kier alpha value is -0.940. The van der Waals surface area contributed by atoms with E-state index in [2.05, 4.69) is 4.74 Å². The summed E-state index contributed by atoms with van der Waals surface area (Å²) >= 11 is 0. The van der Waals surface area contributed by atoms with Crippen LogP contribution in [0.5, 0.6) is 0 Å². The largest absolute Gasteiger partial charge is 0.428 e. The number of nitrogens with two attached hydrogens (primary N) is 2. The molecule has 0 amide bonds. The Bertz CT molecular complexity index is 101. The van der Waals surface area contributed by atoms with Gasteiger partial charge in [0.15, 0.2) is 0 Å². The summed E-state index contributed by atoms with van der Waals surface area (Å²) in [7, 11) is 0. The van der Waals surface area contributed by atoms with Gasteiger partial charge in [0, 0.05) is 0 Å². The molecule has 0 aliphatic heterocycles. The van der Waals surface area contributed by atoms with E-state index in [1.165, 1.54) is 0 Å². The Labute approximate surface area is 45.6 Å². The molecule has 0 aromatic rings. The molecule has 0 rings (SSSR count). The van der Waals surface area contributed by atoms with Crippen LogP contribution in [0.1, 0.15) is 0 Å². The summed E-state index contributed by atoms with van der Waals surface area (Å²) in [5, 5.41) is 0. The van der Waals surface area contributed by atoms with E-state index in [0.29, 0.717) is 0 Å². The van der Waals surface area contributed by atoms with E-state index < -0.39 is 12.3 Å². The Balaban J connectivity index is 3.39. The van der Waals surface area contributed by atoms with Gasteiger partial charge >= 0.3 is 5.97 Å². The molecule has 5 heteroatoms. The second kappa shape index (κ2) is 3.11. The highest BCUT2D eigenvalue weighted by Crippen LogP contribution is 1.70. The maximum absolute atomic E-state index is 9.87. The average Bonchev–Trinajstić information content (AvgIpc) is 1.65. The topological polar surface area (TPSA) is 95.4 Å². The maximum Gasteiger partial charge on any atom is 0.373 e.